The third kappa shape index (κ3) is 2.78. The van der Waals surface area contributed by atoms with E-state index in [0.29, 0.717) is 12.4 Å². The molecule has 1 heterocycles. The molecule has 4 heteroatoms. The normalized spacial score (nSPS) is 10.8. The van der Waals surface area contributed by atoms with Gasteiger partial charge < -0.3 is 5.73 Å². The maximum Gasteiger partial charge on any atom is 0.130 e. The van der Waals surface area contributed by atoms with Crippen LogP contribution in [0.1, 0.15) is 11.3 Å². The number of halogens is 1. The van der Waals surface area contributed by atoms with Crippen LogP contribution in [-0.2, 0) is 6.54 Å². The van der Waals surface area contributed by atoms with E-state index in [1.165, 1.54) is 0 Å². The van der Waals surface area contributed by atoms with Crippen molar-refractivity contribution in [3.63, 3.8) is 0 Å². The molecule has 0 saturated carbocycles. The molecule has 0 amide bonds. The summed E-state index contributed by atoms with van der Waals surface area (Å²) in [5.41, 5.74) is 10.4. The number of nitrogen functional groups attached to an aromatic ring is 1. The highest BCUT2D eigenvalue weighted by Gasteiger charge is 2.14. The average molecular weight is 298 g/mol. The predicted octanol–water partition coefficient (Wildman–Crippen LogP) is 4.14. The second-order valence-corrected chi connectivity index (χ2v) is 5.44. The van der Waals surface area contributed by atoms with Gasteiger partial charge in [-0.3, -0.25) is 0 Å². The molecule has 2 aromatic carbocycles. The van der Waals surface area contributed by atoms with Gasteiger partial charge in [0.2, 0.25) is 0 Å². The van der Waals surface area contributed by atoms with Gasteiger partial charge in [-0.2, -0.15) is 5.10 Å². The largest absolute Gasteiger partial charge is 0.383 e. The van der Waals surface area contributed by atoms with Gasteiger partial charge in [0.25, 0.3) is 0 Å². The molecule has 1 aromatic heterocycles. The highest BCUT2D eigenvalue weighted by Crippen LogP contribution is 2.29. The summed E-state index contributed by atoms with van der Waals surface area (Å²) in [4.78, 5) is 0. The minimum atomic E-state index is 0.611. The van der Waals surface area contributed by atoms with E-state index < -0.39 is 0 Å². The number of benzene rings is 2. The Hall–Kier alpha value is -2.26. The van der Waals surface area contributed by atoms with E-state index in [2.05, 4.69) is 5.10 Å². The number of hydrogen-bond acceptors (Lipinski definition) is 2. The molecule has 106 valence electrons. The lowest BCUT2D eigenvalue weighted by atomic mass is 10.1. The fraction of sp³-hybridized carbons (Fsp3) is 0.118. The summed E-state index contributed by atoms with van der Waals surface area (Å²) in [5.74, 6) is 0.679. The monoisotopic (exact) mass is 297 g/mol. The number of aryl methyl sites for hydroxylation is 1. The van der Waals surface area contributed by atoms with Gasteiger partial charge in [0, 0.05) is 10.6 Å². The van der Waals surface area contributed by atoms with Gasteiger partial charge in [0.1, 0.15) is 5.82 Å². The second kappa shape index (κ2) is 5.62. The second-order valence-electron chi connectivity index (χ2n) is 5.00. The molecular formula is C17H16ClN3. The Morgan fingerprint density at radius 1 is 1.10 bits per heavy atom. The standard InChI is InChI=1S/C17H16ClN3/c1-12-16(14-7-3-2-4-8-14)17(19)21(20-12)11-13-6-5-9-15(18)10-13/h2-10H,11,19H2,1H3. The molecule has 3 aromatic rings. The summed E-state index contributed by atoms with van der Waals surface area (Å²) in [6.07, 6.45) is 0. The molecule has 0 aliphatic rings. The minimum absolute atomic E-state index is 0.611. The van der Waals surface area contributed by atoms with Crippen LogP contribution in [0.4, 0.5) is 5.82 Å². The zero-order chi connectivity index (χ0) is 14.8. The average Bonchev–Trinajstić information content (AvgIpc) is 2.74. The molecule has 0 saturated heterocycles. The predicted molar refractivity (Wildman–Crippen MR) is 87.4 cm³/mol. The van der Waals surface area contributed by atoms with Crippen molar-refractivity contribution >= 4 is 17.4 Å². The Balaban J connectivity index is 1.99. The van der Waals surface area contributed by atoms with E-state index in [0.717, 1.165) is 27.4 Å². The molecule has 0 aliphatic heterocycles. The van der Waals surface area contributed by atoms with Gasteiger partial charge in [-0.1, -0.05) is 54.1 Å². The fourth-order valence-corrected chi connectivity index (χ4v) is 2.70. The van der Waals surface area contributed by atoms with Crippen LogP contribution in [0.15, 0.2) is 54.6 Å². The van der Waals surface area contributed by atoms with Crippen LogP contribution in [0.3, 0.4) is 0 Å². The third-order valence-electron chi connectivity index (χ3n) is 3.45. The van der Waals surface area contributed by atoms with Crippen LogP contribution < -0.4 is 5.73 Å². The summed E-state index contributed by atoms with van der Waals surface area (Å²) < 4.78 is 1.82. The molecule has 2 N–H and O–H groups in total. The van der Waals surface area contributed by atoms with E-state index >= 15 is 0 Å². The van der Waals surface area contributed by atoms with Crippen molar-refractivity contribution in [3.8, 4) is 11.1 Å². The zero-order valence-corrected chi connectivity index (χ0v) is 12.5. The smallest absolute Gasteiger partial charge is 0.130 e. The van der Waals surface area contributed by atoms with Crippen LogP contribution in [0.25, 0.3) is 11.1 Å². The van der Waals surface area contributed by atoms with E-state index in [4.69, 9.17) is 17.3 Å². The van der Waals surface area contributed by atoms with Crippen molar-refractivity contribution < 1.29 is 0 Å². The molecule has 0 fully saturated rings. The lowest BCUT2D eigenvalue weighted by molar-refractivity contribution is 0.689. The molecule has 0 aliphatic carbocycles. The molecule has 21 heavy (non-hydrogen) atoms. The van der Waals surface area contributed by atoms with E-state index in [1.54, 1.807) is 0 Å². The maximum absolute atomic E-state index is 6.29. The third-order valence-corrected chi connectivity index (χ3v) is 3.69. The van der Waals surface area contributed by atoms with Gasteiger partial charge in [-0.05, 0) is 30.2 Å². The van der Waals surface area contributed by atoms with Gasteiger partial charge in [-0.25, -0.2) is 4.68 Å². The summed E-state index contributed by atoms with van der Waals surface area (Å²) >= 11 is 6.02. The highest BCUT2D eigenvalue weighted by atomic mass is 35.5. The lowest BCUT2D eigenvalue weighted by Gasteiger charge is -2.06. The Morgan fingerprint density at radius 2 is 1.86 bits per heavy atom. The van der Waals surface area contributed by atoms with Crippen molar-refractivity contribution in [2.45, 2.75) is 13.5 Å². The highest BCUT2D eigenvalue weighted by molar-refractivity contribution is 6.30. The summed E-state index contributed by atoms with van der Waals surface area (Å²) in [7, 11) is 0. The van der Waals surface area contributed by atoms with Crippen molar-refractivity contribution in [2.75, 3.05) is 5.73 Å². The SMILES string of the molecule is Cc1nn(Cc2cccc(Cl)c2)c(N)c1-c1ccccc1. The Morgan fingerprint density at radius 3 is 2.57 bits per heavy atom. The molecule has 0 spiro atoms. The molecule has 3 nitrogen and oxygen atoms in total. The van der Waals surface area contributed by atoms with E-state index in [1.807, 2.05) is 66.2 Å². The quantitative estimate of drug-likeness (QED) is 0.789. The fourth-order valence-electron chi connectivity index (χ4n) is 2.49. The van der Waals surface area contributed by atoms with Crippen LogP contribution in [-0.4, -0.2) is 9.78 Å². The van der Waals surface area contributed by atoms with Crippen molar-refractivity contribution in [1.29, 1.82) is 0 Å². The summed E-state index contributed by atoms with van der Waals surface area (Å²) in [5, 5.41) is 5.28. The van der Waals surface area contributed by atoms with Crippen LogP contribution >= 0.6 is 11.6 Å². The number of aromatic nitrogens is 2. The Kier molecular flexibility index (Phi) is 3.67. The first-order valence-electron chi connectivity index (χ1n) is 6.78. The molecule has 0 bridgehead atoms. The van der Waals surface area contributed by atoms with Crippen LogP contribution in [0.2, 0.25) is 5.02 Å². The Bertz CT molecular complexity index is 763. The molecule has 0 radical (unpaired) electrons. The lowest BCUT2D eigenvalue weighted by Crippen LogP contribution is -2.06. The van der Waals surface area contributed by atoms with Crippen LogP contribution in [0, 0.1) is 6.92 Å². The zero-order valence-electron chi connectivity index (χ0n) is 11.8. The summed E-state index contributed by atoms with van der Waals surface area (Å²) in [6, 6.07) is 17.8. The van der Waals surface area contributed by atoms with Gasteiger partial charge in [0.15, 0.2) is 0 Å². The molecular weight excluding hydrogens is 282 g/mol. The number of rotatable bonds is 3. The number of nitrogens with zero attached hydrogens (tertiary/aromatic N) is 2. The molecule has 3 rings (SSSR count). The minimum Gasteiger partial charge on any atom is -0.383 e. The molecule has 0 atom stereocenters. The topological polar surface area (TPSA) is 43.8 Å². The van der Waals surface area contributed by atoms with Crippen molar-refractivity contribution in [3.05, 3.63) is 70.9 Å². The number of hydrogen-bond donors (Lipinski definition) is 1. The number of nitrogens with two attached hydrogens (primary N) is 1. The van der Waals surface area contributed by atoms with Gasteiger partial charge >= 0.3 is 0 Å². The first kappa shape index (κ1) is 13.7. The van der Waals surface area contributed by atoms with Gasteiger partial charge in [-0.15, -0.1) is 0 Å². The Labute approximate surface area is 129 Å². The van der Waals surface area contributed by atoms with Gasteiger partial charge in [0.05, 0.1) is 12.2 Å². The molecule has 0 unspecified atom stereocenters. The van der Waals surface area contributed by atoms with E-state index in [9.17, 15) is 0 Å². The first-order chi connectivity index (χ1) is 10.1. The van der Waals surface area contributed by atoms with Crippen molar-refractivity contribution in [1.82, 2.24) is 9.78 Å². The number of anilines is 1. The summed E-state index contributed by atoms with van der Waals surface area (Å²) in [6.45, 7) is 2.59. The van der Waals surface area contributed by atoms with E-state index in [-0.39, 0.29) is 0 Å². The maximum atomic E-state index is 6.29. The first-order valence-corrected chi connectivity index (χ1v) is 7.15. The van der Waals surface area contributed by atoms with Crippen molar-refractivity contribution in [2.24, 2.45) is 0 Å². The van der Waals surface area contributed by atoms with Crippen LogP contribution in [0.5, 0.6) is 0 Å².